The van der Waals surface area contributed by atoms with Crippen LogP contribution in [0.25, 0.3) is 22.3 Å². The third-order valence-corrected chi connectivity index (χ3v) is 5.26. The molecule has 11 heteroatoms. The van der Waals surface area contributed by atoms with Crippen LogP contribution in [0.4, 0.5) is 0 Å². The summed E-state index contributed by atoms with van der Waals surface area (Å²) in [6.45, 7) is -0.289. The molecule has 1 saturated heterocycles. The third-order valence-electron chi connectivity index (χ3n) is 5.26. The highest BCUT2D eigenvalue weighted by molar-refractivity contribution is 5.88. The molecule has 1 aliphatic heterocycles. The number of aromatic hydroxyl groups is 3. The molecule has 0 aliphatic carbocycles. The Morgan fingerprint density at radius 2 is 1.55 bits per heavy atom. The molecule has 6 N–H and O–H groups in total. The number of hydrogen-bond acceptors (Lipinski definition) is 10. The first kappa shape index (κ1) is 22.7. The van der Waals surface area contributed by atoms with Crippen molar-refractivity contribution < 1.29 is 54.0 Å². The van der Waals surface area contributed by atoms with Crippen molar-refractivity contribution in [3.63, 3.8) is 0 Å². The maximum absolute atomic E-state index is 10.3. The van der Waals surface area contributed by atoms with E-state index in [1.165, 1.54) is 38.5 Å². The van der Waals surface area contributed by atoms with E-state index in [1.54, 1.807) is 0 Å². The van der Waals surface area contributed by atoms with Gasteiger partial charge in [0.25, 0.3) is 0 Å². The van der Waals surface area contributed by atoms with Crippen LogP contribution >= 0.6 is 0 Å². The monoisotopic (exact) mass is 463 g/mol. The van der Waals surface area contributed by atoms with Crippen LogP contribution in [0.2, 0.25) is 0 Å². The number of benzene rings is 2. The molecule has 4 rings (SSSR count). The van der Waals surface area contributed by atoms with Crippen LogP contribution in [-0.4, -0.2) is 76.1 Å². The summed E-state index contributed by atoms with van der Waals surface area (Å²) in [6.07, 6.45) is -5.77. The van der Waals surface area contributed by atoms with Gasteiger partial charge in [-0.05, 0) is 0 Å². The first-order valence-corrected chi connectivity index (χ1v) is 9.84. The van der Waals surface area contributed by atoms with E-state index in [4.69, 9.17) is 23.4 Å². The zero-order chi connectivity index (χ0) is 23.9. The Morgan fingerprint density at radius 3 is 2.18 bits per heavy atom. The van der Waals surface area contributed by atoms with Gasteiger partial charge in [0.15, 0.2) is 11.5 Å². The Kier molecular flexibility index (Phi) is 6.04. The van der Waals surface area contributed by atoms with Gasteiger partial charge in [-0.25, -0.2) is 4.42 Å². The minimum atomic E-state index is -1.59. The van der Waals surface area contributed by atoms with Gasteiger partial charge in [0.2, 0.25) is 17.8 Å². The lowest BCUT2D eigenvalue weighted by Crippen LogP contribution is -2.54. The maximum atomic E-state index is 10.3. The fraction of sp³-hybridized carbons (Fsp3) is 0.318. The number of phenolic OH excluding ortho intramolecular Hbond substituents is 3. The van der Waals surface area contributed by atoms with Crippen molar-refractivity contribution >= 4 is 11.0 Å². The number of rotatable bonds is 5. The summed E-state index contributed by atoms with van der Waals surface area (Å²) >= 11 is 0. The molecular weight excluding hydrogens is 440 g/mol. The van der Waals surface area contributed by atoms with Crippen LogP contribution < -0.4 is 14.2 Å². The summed E-state index contributed by atoms with van der Waals surface area (Å²) < 4.78 is 27.4. The SMILES string of the molecule is COc1cc(-c2[o+]c3cc(O)cc(O)c3cc2O[C@@H]2OC[C@@H](O)[C@@H](O)[C@@H]2O)cc(OC)c1O. The molecule has 0 bridgehead atoms. The van der Waals surface area contributed by atoms with Crippen molar-refractivity contribution in [2.75, 3.05) is 20.8 Å². The van der Waals surface area contributed by atoms with Gasteiger partial charge in [-0.1, -0.05) is 0 Å². The largest absolute Gasteiger partial charge is 0.507 e. The topological polar surface area (TPSA) is 170 Å². The van der Waals surface area contributed by atoms with Gasteiger partial charge in [0, 0.05) is 24.3 Å². The van der Waals surface area contributed by atoms with Gasteiger partial charge in [-0.2, -0.15) is 0 Å². The number of fused-ring (bicyclic) bond motifs is 1. The second kappa shape index (κ2) is 8.79. The minimum absolute atomic E-state index is 0.0223. The number of hydrogen-bond donors (Lipinski definition) is 6. The molecule has 1 aromatic heterocycles. The Bertz CT molecular complexity index is 1150. The predicted molar refractivity (Wildman–Crippen MR) is 113 cm³/mol. The second-order valence-electron chi connectivity index (χ2n) is 7.41. The molecule has 3 aromatic rings. The van der Waals surface area contributed by atoms with Crippen molar-refractivity contribution in [1.82, 2.24) is 0 Å². The third kappa shape index (κ3) is 4.14. The highest BCUT2D eigenvalue weighted by Gasteiger charge is 2.40. The van der Waals surface area contributed by atoms with E-state index in [1.807, 2.05) is 0 Å². The average Bonchev–Trinajstić information content (AvgIpc) is 2.79. The van der Waals surface area contributed by atoms with E-state index in [0.717, 1.165) is 6.07 Å². The Balaban J connectivity index is 1.89. The van der Waals surface area contributed by atoms with Gasteiger partial charge in [-0.15, -0.1) is 0 Å². The van der Waals surface area contributed by atoms with Crippen molar-refractivity contribution in [1.29, 1.82) is 0 Å². The summed E-state index contributed by atoms with van der Waals surface area (Å²) in [5.74, 6) is -0.635. The Labute approximate surface area is 187 Å². The highest BCUT2D eigenvalue weighted by Crippen LogP contribution is 2.45. The van der Waals surface area contributed by atoms with Crippen molar-refractivity contribution in [2.45, 2.75) is 24.6 Å². The van der Waals surface area contributed by atoms with Crippen LogP contribution in [-0.2, 0) is 4.74 Å². The van der Waals surface area contributed by atoms with E-state index >= 15 is 0 Å². The van der Waals surface area contributed by atoms with Gasteiger partial charge < -0.3 is 49.6 Å². The number of ether oxygens (including phenoxy) is 4. The molecule has 0 spiro atoms. The molecule has 11 nitrogen and oxygen atoms in total. The van der Waals surface area contributed by atoms with Gasteiger partial charge in [0.05, 0.1) is 32.5 Å². The molecule has 2 aromatic carbocycles. The number of methoxy groups -OCH3 is 2. The number of aliphatic hydroxyl groups excluding tert-OH is 3. The van der Waals surface area contributed by atoms with Crippen LogP contribution in [0.1, 0.15) is 0 Å². The summed E-state index contributed by atoms with van der Waals surface area (Å²) in [5.41, 5.74) is 0.411. The zero-order valence-electron chi connectivity index (χ0n) is 17.6. The Morgan fingerprint density at radius 1 is 0.879 bits per heavy atom. The lowest BCUT2D eigenvalue weighted by molar-refractivity contribution is -0.242. The van der Waals surface area contributed by atoms with Crippen LogP contribution in [0.5, 0.6) is 34.5 Å². The lowest BCUT2D eigenvalue weighted by atomic mass is 10.1. The zero-order valence-corrected chi connectivity index (χ0v) is 17.6. The van der Waals surface area contributed by atoms with E-state index in [0.29, 0.717) is 5.56 Å². The normalized spacial score (nSPS) is 22.8. The standard InChI is InChI=1S/C22H22O11/c1-29-15-3-9(4-16(30-2)19(15)27)21-17(33-22-20(28)18(26)13(25)8-31-22)7-11-12(24)5-10(23)6-14(11)32-21/h3-7,13,18,20,22,25-26,28H,8H2,1-2H3,(H2-,23,24,27)/p+1/t13-,18-,20+,22+/m1/s1. The van der Waals surface area contributed by atoms with Gasteiger partial charge in [-0.3, -0.25) is 0 Å². The fourth-order valence-corrected chi connectivity index (χ4v) is 3.51. The van der Waals surface area contributed by atoms with Crippen LogP contribution in [0.15, 0.2) is 34.7 Å². The maximum Gasteiger partial charge on any atom is 0.402 e. The highest BCUT2D eigenvalue weighted by atomic mass is 16.7. The smallest absolute Gasteiger partial charge is 0.402 e. The molecule has 2 heterocycles. The fourth-order valence-electron chi connectivity index (χ4n) is 3.51. The first-order chi connectivity index (χ1) is 15.7. The van der Waals surface area contributed by atoms with E-state index < -0.39 is 24.6 Å². The quantitative estimate of drug-likeness (QED) is 0.302. The summed E-state index contributed by atoms with van der Waals surface area (Å²) in [6, 6.07) is 6.66. The number of aliphatic hydroxyl groups is 3. The summed E-state index contributed by atoms with van der Waals surface area (Å²) in [7, 11) is 2.70. The lowest BCUT2D eigenvalue weighted by Gasteiger charge is -2.34. The average molecular weight is 463 g/mol. The molecule has 1 aliphatic rings. The van der Waals surface area contributed by atoms with Crippen molar-refractivity contribution in [3.05, 3.63) is 30.3 Å². The molecule has 0 amide bonds. The molecular formula is C22H23O11+. The molecule has 1 fully saturated rings. The van der Waals surface area contributed by atoms with Crippen LogP contribution in [0.3, 0.4) is 0 Å². The molecule has 4 atom stereocenters. The Hall–Kier alpha value is -3.51. The second-order valence-corrected chi connectivity index (χ2v) is 7.41. The van der Waals surface area contributed by atoms with Crippen molar-refractivity contribution in [2.24, 2.45) is 0 Å². The first-order valence-electron chi connectivity index (χ1n) is 9.84. The van der Waals surface area contributed by atoms with E-state index in [2.05, 4.69) is 0 Å². The summed E-state index contributed by atoms with van der Waals surface area (Å²) in [5, 5.41) is 60.5. The molecule has 176 valence electrons. The molecule has 0 saturated carbocycles. The number of phenols is 3. The van der Waals surface area contributed by atoms with E-state index in [-0.39, 0.29) is 57.8 Å². The molecule has 0 unspecified atom stereocenters. The van der Waals surface area contributed by atoms with Crippen molar-refractivity contribution in [3.8, 4) is 45.8 Å². The summed E-state index contributed by atoms with van der Waals surface area (Å²) in [4.78, 5) is 0. The predicted octanol–water partition coefficient (Wildman–Crippen LogP) is 1.33. The van der Waals surface area contributed by atoms with Gasteiger partial charge in [0.1, 0.15) is 35.2 Å². The minimum Gasteiger partial charge on any atom is -0.507 e. The van der Waals surface area contributed by atoms with Gasteiger partial charge >= 0.3 is 11.3 Å². The van der Waals surface area contributed by atoms with E-state index in [9.17, 15) is 30.6 Å². The molecule has 0 radical (unpaired) electrons. The van der Waals surface area contributed by atoms with Crippen LogP contribution in [0, 0.1) is 0 Å². The molecule has 33 heavy (non-hydrogen) atoms.